The monoisotopic (exact) mass is 360 g/mol. The van der Waals surface area contributed by atoms with Crippen molar-refractivity contribution in [1.82, 2.24) is 19.6 Å². The van der Waals surface area contributed by atoms with E-state index in [9.17, 15) is 9.59 Å². The predicted octanol–water partition coefficient (Wildman–Crippen LogP) is 2.87. The van der Waals surface area contributed by atoms with Crippen LogP contribution < -0.4 is 0 Å². The minimum Gasteiger partial charge on any atom is -0.339 e. The van der Waals surface area contributed by atoms with Crippen LogP contribution in [0.4, 0.5) is 0 Å². The van der Waals surface area contributed by atoms with Gasteiger partial charge in [-0.05, 0) is 32.3 Å². The number of amides is 2. The van der Waals surface area contributed by atoms with Gasteiger partial charge < -0.3 is 9.80 Å². The maximum atomic E-state index is 13.2. The van der Waals surface area contributed by atoms with E-state index < -0.39 is 0 Å². The molecule has 1 unspecified atom stereocenters. The zero-order valence-electron chi connectivity index (χ0n) is 16.2. The van der Waals surface area contributed by atoms with Crippen molar-refractivity contribution in [2.75, 3.05) is 26.2 Å². The van der Waals surface area contributed by atoms with Gasteiger partial charge in [0.05, 0.1) is 0 Å². The molecule has 1 aromatic heterocycles. The van der Waals surface area contributed by atoms with Crippen molar-refractivity contribution < 1.29 is 9.59 Å². The highest BCUT2D eigenvalue weighted by atomic mass is 16.2. The standard InChI is InChI=1S/C20H32N4O2/c1-3-4-8-20(9-5-6-10-20)19(26)23-15-13-22(14-16-23)18(25)17(2)24-12-7-11-21-24/h7,11-12,17H,3-6,8-10,13-16H2,1-2H3. The summed E-state index contributed by atoms with van der Waals surface area (Å²) in [7, 11) is 0. The molecule has 6 heteroatoms. The Morgan fingerprint density at radius 3 is 2.35 bits per heavy atom. The maximum Gasteiger partial charge on any atom is 0.247 e. The topological polar surface area (TPSA) is 58.4 Å². The van der Waals surface area contributed by atoms with Crippen LogP contribution in [0, 0.1) is 5.41 Å². The van der Waals surface area contributed by atoms with Crippen molar-refractivity contribution in [1.29, 1.82) is 0 Å². The van der Waals surface area contributed by atoms with Gasteiger partial charge in [-0.3, -0.25) is 14.3 Å². The molecule has 1 saturated heterocycles. The van der Waals surface area contributed by atoms with Crippen molar-refractivity contribution >= 4 is 11.8 Å². The van der Waals surface area contributed by atoms with E-state index in [1.165, 1.54) is 12.8 Å². The quantitative estimate of drug-likeness (QED) is 0.784. The first-order valence-corrected chi connectivity index (χ1v) is 10.1. The first kappa shape index (κ1) is 18.9. The van der Waals surface area contributed by atoms with Gasteiger partial charge in [-0.1, -0.05) is 32.6 Å². The van der Waals surface area contributed by atoms with E-state index in [2.05, 4.69) is 12.0 Å². The Morgan fingerprint density at radius 1 is 1.12 bits per heavy atom. The normalized spacial score (nSPS) is 21.0. The van der Waals surface area contributed by atoms with Crippen molar-refractivity contribution in [2.24, 2.45) is 5.41 Å². The summed E-state index contributed by atoms with van der Waals surface area (Å²) in [6.45, 7) is 6.64. The van der Waals surface area contributed by atoms with E-state index in [4.69, 9.17) is 0 Å². The van der Waals surface area contributed by atoms with Gasteiger partial charge in [0, 0.05) is 44.0 Å². The summed E-state index contributed by atoms with van der Waals surface area (Å²) < 4.78 is 1.69. The number of carbonyl (C=O) groups excluding carboxylic acids is 2. The lowest BCUT2D eigenvalue weighted by atomic mass is 9.79. The van der Waals surface area contributed by atoms with Crippen LogP contribution in [-0.2, 0) is 9.59 Å². The van der Waals surface area contributed by atoms with Crippen LogP contribution in [0.15, 0.2) is 18.5 Å². The first-order valence-electron chi connectivity index (χ1n) is 10.1. The zero-order chi connectivity index (χ0) is 18.6. The Balaban J connectivity index is 1.57. The van der Waals surface area contributed by atoms with Crippen molar-refractivity contribution in [3.05, 3.63) is 18.5 Å². The number of nitrogens with zero attached hydrogens (tertiary/aromatic N) is 4. The van der Waals surface area contributed by atoms with Gasteiger partial charge >= 0.3 is 0 Å². The second-order valence-corrected chi connectivity index (χ2v) is 7.87. The molecule has 0 aromatic carbocycles. The third-order valence-electron chi connectivity index (χ3n) is 6.18. The molecule has 6 nitrogen and oxygen atoms in total. The second kappa shape index (κ2) is 8.23. The highest BCUT2D eigenvalue weighted by Crippen LogP contribution is 2.44. The molecule has 26 heavy (non-hydrogen) atoms. The van der Waals surface area contributed by atoms with Crippen molar-refractivity contribution in [2.45, 2.75) is 64.8 Å². The molecule has 1 saturated carbocycles. The van der Waals surface area contributed by atoms with Gasteiger partial charge in [-0.2, -0.15) is 5.10 Å². The smallest absolute Gasteiger partial charge is 0.247 e. The molecule has 1 aliphatic heterocycles. The SMILES string of the molecule is CCCCC1(C(=O)N2CCN(C(=O)C(C)n3cccn3)CC2)CCCC1. The van der Waals surface area contributed by atoms with Crippen LogP contribution in [0.2, 0.25) is 0 Å². The Kier molecular flexibility index (Phi) is 5.99. The molecule has 0 spiro atoms. The van der Waals surface area contributed by atoms with Gasteiger partial charge in [0.1, 0.15) is 6.04 Å². The number of carbonyl (C=O) groups is 2. The Labute approximate surface area is 156 Å². The highest BCUT2D eigenvalue weighted by molar-refractivity contribution is 5.84. The summed E-state index contributed by atoms with van der Waals surface area (Å²) >= 11 is 0. The molecule has 2 amide bonds. The Hall–Kier alpha value is -1.85. The van der Waals surface area contributed by atoms with Gasteiger partial charge in [0.25, 0.3) is 0 Å². The number of rotatable bonds is 6. The Morgan fingerprint density at radius 2 is 1.77 bits per heavy atom. The van der Waals surface area contributed by atoms with Gasteiger partial charge in [-0.15, -0.1) is 0 Å². The molecular weight excluding hydrogens is 328 g/mol. The average Bonchev–Trinajstić information content (AvgIpc) is 3.37. The maximum absolute atomic E-state index is 13.2. The van der Waals surface area contributed by atoms with E-state index in [-0.39, 0.29) is 17.4 Å². The summed E-state index contributed by atoms with van der Waals surface area (Å²) in [6.07, 6.45) is 11.2. The van der Waals surface area contributed by atoms with Crippen molar-refractivity contribution in [3.8, 4) is 0 Å². The third kappa shape index (κ3) is 3.79. The Bertz CT molecular complexity index is 599. The minimum absolute atomic E-state index is 0.0855. The molecule has 2 heterocycles. The summed E-state index contributed by atoms with van der Waals surface area (Å²) in [4.78, 5) is 29.8. The molecule has 2 aliphatic rings. The van der Waals surface area contributed by atoms with Crippen LogP contribution in [-0.4, -0.2) is 57.6 Å². The van der Waals surface area contributed by atoms with E-state index in [0.717, 1.165) is 32.1 Å². The molecule has 0 N–H and O–H groups in total. The summed E-state index contributed by atoms with van der Waals surface area (Å²) in [6, 6.07) is 1.54. The first-order chi connectivity index (χ1) is 12.6. The lowest BCUT2D eigenvalue weighted by Gasteiger charge is -2.40. The van der Waals surface area contributed by atoms with Gasteiger partial charge in [-0.25, -0.2) is 0 Å². The second-order valence-electron chi connectivity index (χ2n) is 7.87. The molecule has 0 bridgehead atoms. The van der Waals surface area contributed by atoms with Crippen LogP contribution in [0.5, 0.6) is 0 Å². The number of piperazine rings is 1. The number of hydrogen-bond donors (Lipinski definition) is 0. The third-order valence-corrected chi connectivity index (χ3v) is 6.18. The molecule has 2 fully saturated rings. The number of hydrogen-bond acceptors (Lipinski definition) is 3. The lowest BCUT2D eigenvalue weighted by Crippen LogP contribution is -2.54. The zero-order valence-corrected chi connectivity index (χ0v) is 16.2. The lowest BCUT2D eigenvalue weighted by molar-refractivity contribution is -0.148. The molecule has 3 rings (SSSR count). The van der Waals surface area contributed by atoms with E-state index in [0.29, 0.717) is 32.1 Å². The van der Waals surface area contributed by atoms with E-state index in [1.54, 1.807) is 10.9 Å². The molecule has 1 aliphatic carbocycles. The molecular formula is C20H32N4O2. The number of aromatic nitrogens is 2. The predicted molar refractivity (Wildman–Crippen MR) is 101 cm³/mol. The molecule has 1 aromatic rings. The van der Waals surface area contributed by atoms with Crippen LogP contribution >= 0.6 is 0 Å². The molecule has 144 valence electrons. The van der Waals surface area contributed by atoms with Crippen LogP contribution in [0.3, 0.4) is 0 Å². The highest BCUT2D eigenvalue weighted by Gasteiger charge is 2.43. The van der Waals surface area contributed by atoms with E-state index in [1.807, 2.05) is 29.0 Å². The summed E-state index contributed by atoms with van der Waals surface area (Å²) in [5.41, 5.74) is -0.120. The summed E-state index contributed by atoms with van der Waals surface area (Å²) in [5.74, 6) is 0.429. The fraction of sp³-hybridized carbons (Fsp3) is 0.750. The average molecular weight is 361 g/mol. The van der Waals surface area contributed by atoms with Gasteiger partial charge in [0.2, 0.25) is 11.8 Å². The van der Waals surface area contributed by atoms with Crippen LogP contribution in [0.25, 0.3) is 0 Å². The van der Waals surface area contributed by atoms with Gasteiger partial charge in [0.15, 0.2) is 0 Å². The molecule has 1 atom stereocenters. The summed E-state index contributed by atoms with van der Waals surface area (Å²) in [5, 5.41) is 4.17. The fourth-order valence-corrected chi connectivity index (χ4v) is 4.49. The largest absolute Gasteiger partial charge is 0.339 e. The van der Waals surface area contributed by atoms with E-state index >= 15 is 0 Å². The van der Waals surface area contributed by atoms with Crippen LogP contribution in [0.1, 0.15) is 64.8 Å². The van der Waals surface area contributed by atoms with Crippen molar-refractivity contribution in [3.63, 3.8) is 0 Å². The minimum atomic E-state index is -0.294. The number of unbranched alkanes of at least 4 members (excludes halogenated alkanes) is 1. The fourth-order valence-electron chi connectivity index (χ4n) is 4.49. The molecule has 0 radical (unpaired) electrons.